The molecule has 3 heteroatoms. The van der Waals surface area contributed by atoms with E-state index in [1.54, 1.807) is 0 Å². The first-order chi connectivity index (χ1) is 7.29. The number of piperidine rings is 1. The van der Waals surface area contributed by atoms with Crippen LogP contribution in [0.3, 0.4) is 0 Å². The van der Waals surface area contributed by atoms with Gasteiger partial charge in [0.15, 0.2) is 0 Å². The van der Waals surface area contributed by atoms with Crippen LogP contribution in [0.25, 0.3) is 0 Å². The zero-order valence-electron chi connectivity index (χ0n) is 9.82. The molecule has 1 aliphatic carbocycles. The molecule has 2 aliphatic rings. The lowest BCUT2D eigenvalue weighted by Crippen LogP contribution is -2.45. The molecule has 2 rings (SSSR count). The second-order valence-corrected chi connectivity index (χ2v) is 4.94. The van der Waals surface area contributed by atoms with Crippen LogP contribution in [0.1, 0.15) is 39.0 Å². The number of hydrogen-bond donors (Lipinski definition) is 1. The SMILES string of the molecule is CCOC1CCCN(C2CCC(N)C2)C1. The van der Waals surface area contributed by atoms with Gasteiger partial charge in [0.05, 0.1) is 6.10 Å². The van der Waals surface area contributed by atoms with Crippen molar-refractivity contribution in [3.8, 4) is 0 Å². The largest absolute Gasteiger partial charge is 0.377 e. The minimum Gasteiger partial charge on any atom is -0.377 e. The van der Waals surface area contributed by atoms with E-state index in [0.29, 0.717) is 12.1 Å². The van der Waals surface area contributed by atoms with Crippen LogP contribution < -0.4 is 5.73 Å². The second-order valence-electron chi connectivity index (χ2n) is 4.94. The van der Waals surface area contributed by atoms with Crippen LogP contribution in [0.5, 0.6) is 0 Å². The quantitative estimate of drug-likeness (QED) is 0.768. The highest BCUT2D eigenvalue weighted by atomic mass is 16.5. The van der Waals surface area contributed by atoms with E-state index in [4.69, 9.17) is 10.5 Å². The van der Waals surface area contributed by atoms with Crippen molar-refractivity contribution in [3.63, 3.8) is 0 Å². The van der Waals surface area contributed by atoms with E-state index in [1.165, 1.54) is 38.6 Å². The summed E-state index contributed by atoms with van der Waals surface area (Å²) in [6, 6.07) is 1.19. The molecule has 1 heterocycles. The highest BCUT2D eigenvalue weighted by Crippen LogP contribution is 2.26. The normalized spacial score (nSPS) is 38.4. The Morgan fingerprint density at radius 2 is 2.20 bits per heavy atom. The van der Waals surface area contributed by atoms with Crippen LogP contribution in [-0.4, -0.2) is 42.8 Å². The van der Waals surface area contributed by atoms with Gasteiger partial charge in [-0.3, -0.25) is 4.90 Å². The molecule has 2 N–H and O–H groups in total. The summed E-state index contributed by atoms with van der Waals surface area (Å²) < 4.78 is 5.73. The van der Waals surface area contributed by atoms with E-state index < -0.39 is 0 Å². The molecular weight excluding hydrogens is 188 g/mol. The third-order valence-corrected chi connectivity index (χ3v) is 3.77. The first-order valence-corrected chi connectivity index (χ1v) is 6.40. The molecule has 1 saturated carbocycles. The maximum atomic E-state index is 5.97. The Kier molecular flexibility index (Phi) is 4.00. The molecule has 0 radical (unpaired) electrons. The standard InChI is InChI=1S/C12H24N2O/c1-2-15-12-4-3-7-14(9-12)11-6-5-10(13)8-11/h10-12H,2-9,13H2,1H3. The van der Waals surface area contributed by atoms with Crippen LogP contribution in [-0.2, 0) is 4.74 Å². The van der Waals surface area contributed by atoms with Gasteiger partial charge < -0.3 is 10.5 Å². The third-order valence-electron chi connectivity index (χ3n) is 3.77. The van der Waals surface area contributed by atoms with Crippen molar-refractivity contribution >= 4 is 0 Å². The summed E-state index contributed by atoms with van der Waals surface area (Å²) in [6.07, 6.45) is 6.69. The summed E-state index contributed by atoms with van der Waals surface area (Å²) in [5.41, 5.74) is 5.97. The van der Waals surface area contributed by atoms with Crippen molar-refractivity contribution in [2.75, 3.05) is 19.7 Å². The Bertz CT molecular complexity index is 196. The molecule has 3 nitrogen and oxygen atoms in total. The van der Waals surface area contributed by atoms with Crippen molar-refractivity contribution in [2.45, 2.75) is 57.2 Å². The number of nitrogens with zero attached hydrogens (tertiary/aromatic N) is 1. The highest BCUT2D eigenvalue weighted by molar-refractivity contribution is 4.87. The number of ether oxygens (including phenoxy) is 1. The van der Waals surface area contributed by atoms with Crippen molar-refractivity contribution in [1.82, 2.24) is 4.90 Å². The van der Waals surface area contributed by atoms with Gasteiger partial charge in [-0.2, -0.15) is 0 Å². The molecule has 0 bridgehead atoms. The molecule has 0 aromatic heterocycles. The second kappa shape index (κ2) is 5.28. The van der Waals surface area contributed by atoms with Crippen molar-refractivity contribution in [1.29, 1.82) is 0 Å². The Morgan fingerprint density at radius 1 is 1.33 bits per heavy atom. The molecule has 88 valence electrons. The molecule has 1 aliphatic heterocycles. The molecule has 0 aromatic rings. The Hall–Kier alpha value is -0.120. The monoisotopic (exact) mass is 212 g/mol. The molecule has 0 spiro atoms. The lowest BCUT2D eigenvalue weighted by Gasteiger charge is -2.36. The minimum absolute atomic E-state index is 0.447. The molecule has 15 heavy (non-hydrogen) atoms. The van der Waals surface area contributed by atoms with E-state index >= 15 is 0 Å². The van der Waals surface area contributed by atoms with Gasteiger partial charge in [-0.15, -0.1) is 0 Å². The Balaban J connectivity index is 1.81. The van der Waals surface area contributed by atoms with E-state index in [1.807, 2.05) is 0 Å². The fraction of sp³-hybridized carbons (Fsp3) is 1.00. The van der Waals surface area contributed by atoms with Gasteiger partial charge in [0.25, 0.3) is 0 Å². The molecule has 0 amide bonds. The smallest absolute Gasteiger partial charge is 0.0702 e. The molecule has 3 unspecified atom stereocenters. The maximum absolute atomic E-state index is 5.97. The Labute approximate surface area is 93.0 Å². The van der Waals surface area contributed by atoms with Gasteiger partial charge in [0.2, 0.25) is 0 Å². The van der Waals surface area contributed by atoms with Crippen molar-refractivity contribution < 1.29 is 4.74 Å². The number of rotatable bonds is 3. The van der Waals surface area contributed by atoms with Gasteiger partial charge >= 0.3 is 0 Å². The summed E-state index contributed by atoms with van der Waals surface area (Å²) in [4.78, 5) is 2.61. The zero-order valence-corrected chi connectivity index (χ0v) is 9.82. The fourth-order valence-corrected chi connectivity index (χ4v) is 2.99. The van der Waals surface area contributed by atoms with Gasteiger partial charge in [0, 0.05) is 25.2 Å². The van der Waals surface area contributed by atoms with Crippen LogP contribution in [0.2, 0.25) is 0 Å². The van der Waals surface area contributed by atoms with Crippen LogP contribution in [0.15, 0.2) is 0 Å². The van der Waals surface area contributed by atoms with Crippen LogP contribution >= 0.6 is 0 Å². The van der Waals surface area contributed by atoms with Crippen LogP contribution in [0.4, 0.5) is 0 Å². The third kappa shape index (κ3) is 2.92. The topological polar surface area (TPSA) is 38.5 Å². The van der Waals surface area contributed by atoms with E-state index in [-0.39, 0.29) is 0 Å². The molecule has 3 atom stereocenters. The first kappa shape index (κ1) is 11.4. The first-order valence-electron chi connectivity index (χ1n) is 6.40. The van der Waals surface area contributed by atoms with Crippen LogP contribution in [0, 0.1) is 0 Å². The van der Waals surface area contributed by atoms with E-state index in [0.717, 1.165) is 19.2 Å². The Morgan fingerprint density at radius 3 is 2.87 bits per heavy atom. The lowest BCUT2D eigenvalue weighted by atomic mass is 10.0. The molecule has 2 fully saturated rings. The average Bonchev–Trinajstić information content (AvgIpc) is 2.66. The summed E-state index contributed by atoms with van der Waals surface area (Å²) in [5, 5.41) is 0. The average molecular weight is 212 g/mol. The van der Waals surface area contributed by atoms with Crippen molar-refractivity contribution in [2.24, 2.45) is 5.73 Å². The van der Waals surface area contributed by atoms with Gasteiger partial charge in [-0.1, -0.05) is 0 Å². The van der Waals surface area contributed by atoms with Gasteiger partial charge in [-0.05, 0) is 45.6 Å². The van der Waals surface area contributed by atoms with E-state index in [2.05, 4.69) is 11.8 Å². The number of likely N-dealkylation sites (tertiary alicyclic amines) is 1. The van der Waals surface area contributed by atoms with E-state index in [9.17, 15) is 0 Å². The lowest BCUT2D eigenvalue weighted by molar-refractivity contribution is -0.00658. The minimum atomic E-state index is 0.447. The summed E-state index contributed by atoms with van der Waals surface area (Å²) in [6.45, 7) is 5.32. The predicted molar refractivity (Wildman–Crippen MR) is 61.8 cm³/mol. The summed E-state index contributed by atoms with van der Waals surface area (Å²) >= 11 is 0. The van der Waals surface area contributed by atoms with Crippen molar-refractivity contribution in [3.05, 3.63) is 0 Å². The maximum Gasteiger partial charge on any atom is 0.0702 e. The number of nitrogens with two attached hydrogens (primary N) is 1. The summed E-state index contributed by atoms with van der Waals surface area (Å²) in [5.74, 6) is 0. The van der Waals surface area contributed by atoms with Gasteiger partial charge in [0.1, 0.15) is 0 Å². The highest BCUT2D eigenvalue weighted by Gasteiger charge is 2.30. The molecule has 0 aromatic carbocycles. The molecular formula is C12H24N2O. The molecule has 1 saturated heterocycles. The fourth-order valence-electron chi connectivity index (χ4n) is 2.99. The van der Waals surface area contributed by atoms with Gasteiger partial charge in [-0.25, -0.2) is 0 Å². The predicted octanol–water partition coefficient (Wildman–Crippen LogP) is 1.37. The summed E-state index contributed by atoms with van der Waals surface area (Å²) in [7, 11) is 0. The number of hydrogen-bond acceptors (Lipinski definition) is 3. The zero-order chi connectivity index (χ0) is 10.7.